The van der Waals surface area contributed by atoms with Gasteiger partial charge in [-0.05, 0) is 25.0 Å². The van der Waals surface area contributed by atoms with Crippen LogP contribution >= 0.6 is 0 Å². The number of anilines is 1. The van der Waals surface area contributed by atoms with Gasteiger partial charge in [0.2, 0.25) is 0 Å². The van der Waals surface area contributed by atoms with Crippen LogP contribution in [0.3, 0.4) is 0 Å². The zero-order valence-corrected chi connectivity index (χ0v) is 11.3. The first-order valence-electron chi connectivity index (χ1n) is 6.65. The van der Waals surface area contributed by atoms with Crippen LogP contribution in [0.5, 0.6) is 0 Å². The quantitative estimate of drug-likeness (QED) is 0.790. The van der Waals surface area contributed by atoms with Gasteiger partial charge in [0.1, 0.15) is 0 Å². The molecule has 0 amide bonds. The number of hydrogen-bond acceptors (Lipinski definition) is 3. The van der Waals surface area contributed by atoms with Gasteiger partial charge in [-0.1, -0.05) is 26.7 Å². The Balaban J connectivity index is 2.85. The Bertz CT molecular complexity index is 321. The second-order valence-corrected chi connectivity index (χ2v) is 4.39. The van der Waals surface area contributed by atoms with E-state index in [1.54, 1.807) is 0 Å². The molecule has 0 fully saturated rings. The Labute approximate surface area is 105 Å². The van der Waals surface area contributed by atoms with Crippen molar-refractivity contribution >= 4 is 5.69 Å². The van der Waals surface area contributed by atoms with E-state index in [2.05, 4.69) is 36.7 Å². The van der Waals surface area contributed by atoms with Crippen LogP contribution in [0, 0.1) is 5.92 Å². The van der Waals surface area contributed by atoms with Crippen LogP contribution in [-0.4, -0.2) is 18.1 Å². The smallest absolute Gasteiger partial charge is 0.0772 e. The summed E-state index contributed by atoms with van der Waals surface area (Å²) >= 11 is 0. The van der Waals surface area contributed by atoms with Gasteiger partial charge in [0, 0.05) is 25.8 Å². The van der Waals surface area contributed by atoms with Crippen molar-refractivity contribution in [1.29, 1.82) is 0 Å². The van der Waals surface area contributed by atoms with Crippen LogP contribution in [0.2, 0.25) is 0 Å². The molecule has 0 spiro atoms. The van der Waals surface area contributed by atoms with Crippen LogP contribution in [0.15, 0.2) is 18.3 Å². The molecule has 2 N–H and O–H groups in total. The first kappa shape index (κ1) is 14.0. The van der Waals surface area contributed by atoms with E-state index in [0.29, 0.717) is 6.54 Å². The van der Waals surface area contributed by atoms with Crippen LogP contribution in [0.4, 0.5) is 5.69 Å². The molecule has 3 nitrogen and oxygen atoms in total. The highest BCUT2D eigenvalue weighted by atomic mass is 15.1. The molecular formula is C14H25N3. The van der Waals surface area contributed by atoms with Crippen LogP contribution in [0.1, 0.15) is 39.3 Å². The molecule has 0 saturated heterocycles. The summed E-state index contributed by atoms with van der Waals surface area (Å²) in [7, 11) is 0. The van der Waals surface area contributed by atoms with Gasteiger partial charge >= 0.3 is 0 Å². The van der Waals surface area contributed by atoms with Gasteiger partial charge < -0.3 is 10.6 Å². The maximum atomic E-state index is 5.75. The van der Waals surface area contributed by atoms with Crippen molar-refractivity contribution in [2.24, 2.45) is 11.7 Å². The van der Waals surface area contributed by atoms with E-state index in [9.17, 15) is 0 Å². The molecule has 0 aliphatic rings. The minimum atomic E-state index is 0.510. The molecule has 0 unspecified atom stereocenters. The third-order valence-electron chi connectivity index (χ3n) is 3.42. The third kappa shape index (κ3) is 3.70. The van der Waals surface area contributed by atoms with Crippen molar-refractivity contribution in [3.8, 4) is 0 Å². The second kappa shape index (κ2) is 7.28. The lowest BCUT2D eigenvalue weighted by molar-refractivity contribution is 0.485. The third-order valence-corrected chi connectivity index (χ3v) is 3.42. The molecule has 0 aliphatic carbocycles. The lowest BCUT2D eigenvalue weighted by Gasteiger charge is -2.28. The van der Waals surface area contributed by atoms with Crippen molar-refractivity contribution in [3.05, 3.63) is 24.0 Å². The lowest BCUT2D eigenvalue weighted by Crippen LogP contribution is -2.30. The standard InChI is InChI=1S/C14H25N3/c1-4-12(5-2)11-17(6-3)14-8-7-9-16-13(14)10-15/h7-9,12H,4-6,10-11,15H2,1-3H3. The Hall–Kier alpha value is -1.09. The Morgan fingerprint density at radius 2 is 2.00 bits per heavy atom. The molecule has 17 heavy (non-hydrogen) atoms. The maximum absolute atomic E-state index is 5.75. The van der Waals surface area contributed by atoms with E-state index in [-0.39, 0.29) is 0 Å². The predicted molar refractivity (Wildman–Crippen MR) is 74.1 cm³/mol. The van der Waals surface area contributed by atoms with Crippen LogP contribution in [-0.2, 0) is 6.54 Å². The van der Waals surface area contributed by atoms with Gasteiger partial charge in [-0.15, -0.1) is 0 Å². The molecule has 0 atom stereocenters. The number of rotatable bonds is 7. The molecule has 0 radical (unpaired) electrons. The lowest BCUT2D eigenvalue weighted by atomic mass is 10.0. The van der Waals surface area contributed by atoms with Crippen molar-refractivity contribution < 1.29 is 0 Å². The largest absolute Gasteiger partial charge is 0.370 e. The van der Waals surface area contributed by atoms with Gasteiger partial charge in [-0.25, -0.2) is 0 Å². The van der Waals surface area contributed by atoms with E-state index < -0.39 is 0 Å². The molecule has 0 saturated carbocycles. The fraction of sp³-hybridized carbons (Fsp3) is 0.643. The molecule has 3 heteroatoms. The van der Waals surface area contributed by atoms with Gasteiger partial charge in [-0.3, -0.25) is 4.98 Å². The first-order chi connectivity index (χ1) is 8.26. The number of pyridine rings is 1. The number of hydrogen-bond donors (Lipinski definition) is 1. The molecule has 0 aliphatic heterocycles. The van der Waals surface area contributed by atoms with E-state index in [4.69, 9.17) is 5.73 Å². The SMILES string of the molecule is CCC(CC)CN(CC)c1cccnc1CN. The highest BCUT2D eigenvalue weighted by molar-refractivity contribution is 5.50. The number of aromatic nitrogens is 1. The van der Waals surface area contributed by atoms with Crippen LogP contribution < -0.4 is 10.6 Å². The van der Waals surface area contributed by atoms with Gasteiger partial charge in [0.25, 0.3) is 0 Å². The molecular weight excluding hydrogens is 210 g/mol. The van der Waals surface area contributed by atoms with Crippen molar-refractivity contribution in [2.75, 3.05) is 18.0 Å². The molecule has 1 aromatic heterocycles. The minimum Gasteiger partial charge on any atom is -0.370 e. The first-order valence-corrected chi connectivity index (χ1v) is 6.65. The molecule has 1 heterocycles. The Kier molecular flexibility index (Phi) is 5.98. The number of nitrogens with two attached hydrogens (primary N) is 1. The zero-order chi connectivity index (χ0) is 12.7. The molecule has 1 aromatic rings. The fourth-order valence-corrected chi connectivity index (χ4v) is 2.13. The average molecular weight is 235 g/mol. The molecule has 96 valence electrons. The number of nitrogens with zero attached hydrogens (tertiary/aromatic N) is 2. The highest BCUT2D eigenvalue weighted by Gasteiger charge is 2.13. The molecule has 0 aromatic carbocycles. The second-order valence-electron chi connectivity index (χ2n) is 4.39. The fourth-order valence-electron chi connectivity index (χ4n) is 2.13. The summed E-state index contributed by atoms with van der Waals surface area (Å²) in [5, 5.41) is 0. The normalized spacial score (nSPS) is 10.9. The zero-order valence-electron chi connectivity index (χ0n) is 11.3. The van der Waals surface area contributed by atoms with E-state index in [1.165, 1.54) is 18.5 Å². The highest BCUT2D eigenvalue weighted by Crippen LogP contribution is 2.20. The Morgan fingerprint density at radius 3 is 2.53 bits per heavy atom. The van der Waals surface area contributed by atoms with Crippen LogP contribution in [0.25, 0.3) is 0 Å². The van der Waals surface area contributed by atoms with Crippen molar-refractivity contribution in [1.82, 2.24) is 4.98 Å². The van der Waals surface area contributed by atoms with E-state index in [0.717, 1.165) is 24.7 Å². The van der Waals surface area contributed by atoms with Crippen molar-refractivity contribution in [3.63, 3.8) is 0 Å². The summed E-state index contributed by atoms with van der Waals surface area (Å²) in [6.07, 6.45) is 4.27. The summed E-state index contributed by atoms with van der Waals surface area (Å²) in [6.45, 7) is 9.33. The van der Waals surface area contributed by atoms with Gasteiger partial charge in [-0.2, -0.15) is 0 Å². The van der Waals surface area contributed by atoms with E-state index >= 15 is 0 Å². The topological polar surface area (TPSA) is 42.2 Å². The minimum absolute atomic E-state index is 0.510. The molecule has 0 bridgehead atoms. The summed E-state index contributed by atoms with van der Waals surface area (Å²) in [5.41, 5.74) is 7.95. The van der Waals surface area contributed by atoms with Gasteiger partial charge in [0.05, 0.1) is 11.4 Å². The van der Waals surface area contributed by atoms with Crippen molar-refractivity contribution in [2.45, 2.75) is 40.2 Å². The monoisotopic (exact) mass is 235 g/mol. The maximum Gasteiger partial charge on any atom is 0.0772 e. The summed E-state index contributed by atoms with van der Waals surface area (Å²) < 4.78 is 0. The average Bonchev–Trinajstić information content (AvgIpc) is 2.40. The summed E-state index contributed by atoms with van der Waals surface area (Å²) in [6, 6.07) is 4.12. The molecule has 1 rings (SSSR count). The Morgan fingerprint density at radius 1 is 1.29 bits per heavy atom. The predicted octanol–water partition coefficient (Wildman–Crippen LogP) is 2.80. The summed E-state index contributed by atoms with van der Waals surface area (Å²) in [4.78, 5) is 6.75. The van der Waals surface area contributed by atoms with E-state index in [1.807, 2.05) is 12.3 Å². The summed E-state index contributed by atoms with van der Waals surface area (Å²) in [5.74, 6) is 0.751. The van der Waals surface area contributed by atoms with Gasteiger partial charge in [0.15, 0.2) is 0 Å².